The van der Waals surface area contributed by atoms with E-state index in [4.69, 9.17) is 4.74 Å². The second kappa shape index (κ2) is 8.55. The molecular formula is C25H28N4O2. The predicted molar refractivity (Wildman–Crippen MR) is 119 cm³/mol. The van der Waals surface area contributed by atoms with Crippen molar-refractivity contribution in [3.05, 3.63) is 82.7 Å². The van der Waals surface area contributed by atoms with Gasteiger partial charge in [0, 0.05) is 44.5 Å². The molecule has 6 nitrogen and oxygen atoms in total. The number of amides is 1. The third-order valence-electron chi connectivity index (χ3n) is 6.19. The van der Waals surface area contributed by atoms with Gasteiger partial charge in [0.15, 0.2) is 0 Å². The first-order valence-electron chi connectivity index (χ1n) is 11.1. The Morgan fingerprint density at radius 1 is 1.03 bits per heavy atom. The Kier molecular flexibility index (Phi) is 5.47. The van der Waals surface area contributed by atoms with Gasteiger partial charge in [0.1, 0.15) is 18.1 Å². The Labute approximate surface area is 183 Å². The molecule has 2 aromatic carbocycles. The largest absolute Gasteiger partial charge is 0.491 e. The normalized spacial score (nSPS) is 16.2. The molecule has 31 heavy (non-hydrogen) atoms. The maximum atomic E-state index is 13.0. The van der Waals surface area contributed by atoms with Crippen LogP contribution in [0.25, 0.3) is 0 Å². The van der Waals surface area contributed by atoms with E-state index in [1.807, 2.05) is 18.0 Å². The lowest BCUT2D eigenvalue weighted by Gasteiger charge is -2.29. The smallest absolute Gasteiger partial charge is 0.274 e. The second-order valence-electron chi connectivity index (χ2n) is 8.30. The van der Waals surface area contributed by atoms with Crippen molar-refractivity contribution in [1.29, 1.82) is 0 Å². The maximum Gasteiger partial charge on any atom is 0.274 e. The van der Waals surface area contributed by atoms with Gasteiger partial charge >= 0.3 is 0 Å². The van der Waals surface area contributed by atoms with Crippen LogP contribution in [0.5, 0.6) is 5.75 Å². The first-order valence-corrected chi connectivity index (χ1v) is 11.1. The summed E-state index contributed by atoms with van der Waals surface area (Å²) in [6.07, 6.45) is 2.95. The fourth-order valence-electron chi connectivity index (χ4n) is 4.48. The standard InChI is InChI=1S/C25H28N4O2/c1-2-29-12-10-23(26-29)25(30)28-13-14-31-24-8-7-19(15-22(24)18-28)16-27-11-9-20-5-3-4-6-21(20)17-27/h3-8,10,12,15H,2,9,11,13-14,16-18H2,1H3. The molecule has 0 unspecified atom stereocenters. The van der Waals surface area contributed by atoms with E-state index in [9.17, 15) is 4.79 Å². The number of rotatable bonds is 4. The third-order valence-corrected chi connectivity index (χ3v) is 6.19. The molecule has 0 saturated carbocycles. The van der Waals surface area contributed by atoms with Crippen LogP contribution in [0.4, 0.5) is 0 Å². The number of aromatic nitrogens is 2. The van der Waals surface area contributed by atoms with Crippen LogP contribution in [0, 0.1) is 0 Å². The van der Waals surface area contributed by atoms with E-state index in [1.165, 1.54) is 16.7 Å². The molecule has 0 N–H and O–H groups in total. The highest BCUT2D eigenvalue weighted by Gasteiger charge is 2.23. The van der Waals surface area contributed by atoms with Gasteiger partial charge in [0.2, 0.25) is 0 Å². The zero-order valence-corrected chi connectivity index (χ0v) is 18.0. The molecule has 3 heterocycles. The lowest BCUT2D eigenvalue weighted by atomic mass is 9.99. The van der Waals surface area contributed by atoms with E-state index >= 15 is 0 Å². The predicted octanol–water partition coefficient (Wildman–Crippen LogP) is 3.50. The second-order valence-corrected chi connectivity index (χ2v) is 8.30. The molecule has 3 aromatic rings. The lowest BCUT2D eigenvalue weighted by Crippen LogP contribution is -2.33. The van der Waals surface area contributed by atoms with Crippen molar-refractivity contribution in [2.45, 2.75) is 39.5 Å². The summed E-state index contributed by atoms with van der Waals surface area (Å²) < 4.78 is 7.73. The van der Waals surface area contributed by atoms with Crippen molar-refractivity contribution < 1.29 is 9.53 Å². The highest BCUT2D eigenvalue weighted by molar-refractivity contribution is 5.92. The monoisotopic (exact) mass is 416 g/mol. The Balaban J connectivity index is 1.31. The first kappa shape index (κ1) is 19.8. The van der Waals surface area contributed by atoms with Crippen molar-refractivity contribution in [3.8, 4) is 5.75 Å². The Morgan fingerprint density at radius 3 is 2.74 bits per heavy atom. The molecular weight excluding hydrogens is 388 g/mol. The number of hydrogen-bond acceptors (Lipinski definition) is 4. The Bertz CT molecular complexity index is 1090. The van der Waals surface area contributed by atoms with Gasteiger partial charge in [-0.25, -0.2) is 0 Å². The topological polar surface area (TPSA) is 50.6 Å². The summed E-state index contributed by atoms with van der Waals surface area (Å²) in [7, 11) is 0. The fraction of sp³-hybridized carbons (Fsp3) is 0.360. The molecule has 160 valence electrons. The number of ether oxygens (including phenoxy) is 1. The van der Waals surface area contributed by atoms with Crippen molar-refractivity contribution >= 4 is 5.91 Å². The fourth-order valence-corrected chi connectivity index (χ4v) is 4.48. The van der Waals surface area contributed by atoms with Gasteiger partial charge in [0.25, 0.3) is 5.91 Å². The van der Waals surface area contributed by atoms with Crippen LogP contribution in [0.15, 0.2) is 54.7 Å². The molecule has 1 aromatic heterocycles. The summed E-state index contributed by atoms with van der Waals surface area (Å²) >= 11 is 0. The third kappa shape index (κ3) is 4.21. The number of fused-ring (bicyclic) bond motifs is 2. The summed E-state index contributed by atoms with van der Waals surface area (Å²) in [4.78, 5) is 17.3. The summed E-state index contributed by atoms with van der Waals surface area (Å²) in [6.45, 7) is 7.31. The van der Waals surface area contributed by atoms with Gasteiger partial charge < -0.3 is 9.64 Å². The molecule has 5 rings (SSSR count). The molecule has 0 fully saturated rings. The van der Waals surface area contributed by atoms with E-state index in [2.05, 4.69) is 52.5 Å². The average molecular weight is 417 g/mol. The molecule has 0 atom stereocenters. The van der Waals surface area contributed by atoms with Gasteiger partial charge in [-0.1, -0.05) is 30.3 Å². The maximum absolute atomic E-state index is 13.0. The number of nitrogens with zero attached hydrogens (tertiary/aromatic N) is 4. The van der Waals surface area contributed by atoms with E-state index in [0.29, 0.717) is 25.4 Å². The van der Waals surface area contributed by atoms with Gasteiger partial charge in [-0.2, -0.15) is 5.10 Å². The molecule has 0 radical (unpaired) electrons. The molecule has 0 saturated heterocycles. The molecule has 0 aliphatic carbocycles. The van der Waals surface area contributed by atoms with Crippen LogP contribution < -0.4 is 4.74 Å². The minimum absolute atomic E-state index is 0.0401. The van der Waals surface area contributed by atoms with Gasteiger partial charge in [-0.3, -0.25) is 14.4 Å². The Morgan fingerprint density at radius 2 is 1.90 bits per heavy atom. The van der Waals surface area contributed by atoms with Crippen LogP contribution in [0.1, 0.15) is 39.7 Å². The molecule has 0 bridgehead atoms. The van der Waals surface area contributed by atoms with E-state index in [1.54, 1.807) is 10.7 Å². The number of hydrogen-bond donors (Lipinski definition) is 0. The highest BCUT2D eigenvalue weighted by atomic mass is 16.5. The van der Waals surface area contributed by atoms with Gasteiger partial charge in [-0.15, -0.1) is 0 Å². The van der Waals surface area contributed by atoms with Gasteiger partial charge in [0.05, 0.1) is 6.54 Å². The van der Waals surface area contributed by atoms with Crippen molar-refractivity contribution in [2.75, 3.05) is 19.7 Å². The summed E-state index contributed by atoms with van der Waals surface area (Å²) in [5.41, 5.74) is 5.71. The van der Waals surface area contributed by atoms with Crippen molar-refractivity contribution in [1.82, 2.24) is 19.6 Å². The lowest BCUT2D eigenvalue weighted by molar-refractivity contribution is 0.0726. The van der Waals surface area contributed by atoms with E-state index in [-0.39, 0.29) is 5.91 Å². The minimum atomic E-state index is -0.0401. The number of carbonyl (C=O) groups is 1. The summed E-state index contributed by atoms with van der Waals surface area (Å²) in [6, 6.07) is 16.9. The van der Waals surface area contributed by atoms with E-state index in [0.717, 1.165) is 43.9 Å². The van der Waals surface area contributed by atoms with Crippen molar-refractivity contribution in [3.63, 3.8) is 0 Å². The number of benzene rings is 2. The number of aryl methyl sites for hydroxylation is 1. The quantitative estimate of drug-likeness (QED) is 0.653. The van der Waals surface area contributed by atoms with E-state index < -0.39 is 0 Å². The summed E-state index contributed by atoms with van der Waals surface area (Å²) in [5, 5.41) is 4.38. The molecule has 1 amide bonds. The van der Waals surface area contributed by atoms with Gasteiger partial charge in [-0.05, 0) is 48.2 Å². The SMILES string of the molecule is CCn1ccc(C(=O)N2CCOc3ccc(CN4CCc5ccccc5C4)cc3C2)n1. The molecule has 2 aliphatic heterocycles. The summed E-state index contributed by atoms with van der Waals surface area (Å²) in [5.74, 6) is 0.837. The minimum Gasteiger partial charge on any atom is -0.491 e. The van der Waals surface area contributed by atoms with Crippen LogP contribution in [0.3, 0.4) is 0 Å². The van der Waals surface area contributed by atoms with Crippen LogP contribution in [-0.2, 0) is 32.6 Å². The van der Waals surface area contributed by atoms with Crippen molar-refractivity contribution in [2.24, 2.45) is 0 Å². The molecule has 2 aliphatic rings. The number of carbonyl (C=O) groups excluding carboxylic acids is 1. The molecule has 0 spiro atoms. The van der Waals surface area contributed by atoms with Crippen LogP contribution in [-0.4, -0.2) is 45.2 Å². The van der Waals surface area contributed by atoms with Crippen LogP contribution >= 0.6 is 0 Å². The highest BCUT2D eigenvalue weighted by Crippen LogP contribution is 2.27. The first-order chi connectivity index (χ1) is 15.2. The average Bonchev–Trinajstić information content (AvgIpc) is 3.18. The molecule has 6 heteroatoms. The zero-order valence-electron chi connectivity index (χ0n) is 18.0. The Hall–Kier alpha value is -3.12. The zero-order chi connectivity index (χ0) is 21.2. The van der Waals surface area contributed by atoms with Crippen LogP contribution in [0.2, 0.25) is 0 Å².